The lowest BCUT2D eigenvalue weighted by Crippen LogP contribution is -2.51. The quantitative estimate of drug-likeness (QED) is 0.276. The highest BCUT2D eigenvalue weighted by molar-refractivity contribution is 7.19. The minimum absolute atomic E-state index is 0.0907. The monoisotopic (exact) mass is 588 g/mol. The number of aromatic nitrogens is 2. The molecule has 3 aromatic rings. The van der Waals surface area contributed by atoms with E-state index in [0.717, 1.165) is 27.5 Å². The fraction of sp³-hybridized carbons (Fsp3) is 0.484. The molecule has 0 spiro atoms. The zero-order chi connectivity index (χ0) is 30.8. The molecule has 4 unspecified atom stereocenters. The maximum atomic E-state index is 13.6. The van der Waals surface area contributed by atoms with Gasteiger partial charge in [0.1, 0.15) is 11.9 Å². The highest BCUT2D eigenvalue weighted by atomic mass is 31.0. The number of alkyl carbamates (subject to hydrolysis) is 1. The third-order valence-corrected chi connectivity index (χ3v) is 8.98. The minimum Gasteiger partial charge on any atom is -0.453 e. The van der Waals surface area contributed by atoms with Crippen molar-refractivity contribution in [3.63, 3.8) is 0 Å². The molecule has 11 heteroatoms. The fourth-order valence-corrected chi connectivity index (χ4v) is 4.90. The first-order valence-corrected chi connectivity index (χ1v) is 14.8. The van der Waals surface area contributed by atoms with Crippen molar-refractivity contribution < 1.29 is 19.0 Å². The zero-order valence-corrected chi connectivity index (χ0v) is 26.5. The molecule has 1 radical (unpaired) electrons. The molecule has 2 amide bonds. The van der Waals surface area contributed by atoms with Crippen LogP contribution in [0, 0.1) is 23.2 Å². The summed E-state index contributed by atoms with van der Waals surface area (Å²) in [5.74, 6) is -0.153. The number of imidazole rings is 1. The van der Waals surface area contributed by atoms with Crippen LogP contribution < -0.4 is 10.8 Å². The van der Waals surface area contributed by atoms with Gasteiger partial charge in [0.05, 0.1) is 42.6 Å². The van der Waals surface area contributed by atoms with Gasteiger partial charge in [0.15, 0.2) is 0 Å². The van der Waals surface area contributed by atoms with E-state index < -0.39 is 18.2 Å². The van der Waals surface area contributed by atoms with Crippen molar-refractivity contribution in [3.05, 3.63) is 48.4 Å². The number of benzene rings is 2. The molecule has 9 nitrogen and oxygen atoms in total. The van der Waals surface area contributed by atoms with Gasteiger partial charge in [-0.05, 0) is 43.0 Å². The molecule has 0 saturated carbocycles. The van der Waals surface area contributed by atoms with E-state index >= 15 is 0 Å². The molecule has 4 rings (SSSR count). The highest BCUT2D eigenvalue weighted by Gasteiger charge is 2.41. The summed E-state index contributed by atoms with van der Waals surface area (Å²) in [5, 5.41) is 14.4. The van der Waals surface area contributed by atoms with Crippen LogP contribution in [0.25, 0.3) is 22.0 Å². The third-order valence-electron chi connectivity index (χ3n) is 8.29. The fourth-order valence-electron chi connectivity index (χ4n) is 4.84. The van der Waals surface area contributed by atoms with Crippen molar-refractivity contribution in [1.82, 2.24) is 20.2 Å². The van der Waals surface area contributed by atoms with Crippen LogP contribution in [-0.4, -0.2) is 64.8 Å². The predicted octanol–water partition coefficient (Wildman–Crippen LogP) is 4.72. The maximum absolute atomic E-state index is 13.6. The molecule has 1 aromatic heterocycles. The first-order valence-electron chi connectivity index (χ1n) is 14.2. The number of aromatic amines is 1. The Hall–Kier alpha value is -3.41. The summed E-state index contributed by atoms with van der Waals surface area (Å²) in [5.41, 5.74) is 2.41. The molecule has 221 valence electrons. The number of hydrogen-bond donors (Lipinski definition) is 2. The van der Waals surface area contributed by atoms with Gasteiger partial charge in [-0.15, -0.1) is 9.24 Å². The molecule has 4 atom stereocenters. The number of ether oxygens (including phenoxy) is 1. The number of fused-ring (bicyclic) bond motifs is 1. The average Bonchev–Trinajstić information content (AvgIpc) is 3.61. The van der Waals surface area contributed by atoms with Crippen molar-refractivity contribution in [3.8, 4) is 17.3 Å². The first kappa shape index (κ1) is 31.5. The number of hydrogen-bond acceptors (Lipinski definition) is 6. The standard InChI is InChI=1S/C31H40BN5O4P/c1-18(2)26(36-29(39)40-7)28(38)37-17-19(15-33)12-25(37)27-34-16-24(35-27)22-9-8-21-14-23(11-10-20(21)13-22)32-41-30(3,4)31(5,6)42/h8-11,13-14,16,18-19,25-26H,12,17,42H2,1-7H3,(H,34,35)(H,36,39). The second-order valence-electron chi connectivity index (χ2n) is 12.4. The summed E-state index contributed by atoms with van der Waals surface area (Å²) in [4.78, 5) is 35.2. The van der Waals surface area contributed by atoms with Crippen LogP contribution in [0.4, 0.5) is 4.79 Å². The largest absolute Gasteiger partial charge is 0.453 e. The molecule has 0 aliphatic carbocycles. The summed E-state index contributed by atoms with van der Waals surface area (Å²) in [7, 11) is 5.92. The number of amides is 2. The Bertz CT molecular complexity index is 1490. The molecule has 1 aliphatic rings. The van der Waals surface area contributed by atoms with Crippen LogP contribution in [0.5, 0.6) is 0 Å². The highest BCUT2D eigenvalue weighted by Crippen LogP contribution is 2.36. The van der Waals surface area contributed by atoms with Crippen LogP contribution in [0.15, 0.2) is 42.6 Å². The van der Waals surface area contributed by atoms with Gasteiger partial charge in [0.25, 0.3) is 0 Å². The lowest BCUT2D eigenvalue weighted by atomic mass is 9.83. The van der Waals surface area contributed by atoms with E-state index in [-0.39, 0.29) is 35.0 Å². The molecule has 2 heterocycles. The molecular weight excluding hydrogens is 548 g/mol. The Morgan fingerprint density at radius 3 is 2.52 bits per heavy atom. The van der Waals surface area contributed by atoms with E-state index in [1.54, 1.807) is 11.1 Å². The normalized spacial score (nSPS) is 18.1. The second kappa shape index (κ2) is 12.4. The van der Waals surface area contributed by atoms with Crippen molar-refractivity contribution in [2.45, 2.75) is 70.8 Å². The summed E-state index contributed by atoms with van der Waals surface area (Å²) in [6, 6.07) is 13.5. The summed E-state index contributed by atoms with van der Waals surface area (Å²) >= 11 is 0. The molecule has 42 heavy (non-hydrogen) atoms. The Kier molecular flexibility index (Phi) is 9.35. The topological polar surface area (TPSA) is 120 Å². The molecule has 1 fully saturated rings. The van der Waals surface area contributed by atoms with Gasteiger partial charge in [0, 0.05) is 17.3 Å². The Labute approximate surface area is 251 Å². The summed E-state index contributed by atoms with van der Waals surface area (Å²) in [6.07, 6.45) is 1.55. The van der Waals surface area contributed by atoms with Crippen LogP contribution in [0.3, 0.4) is 0 Å². The summed E-state index contributed by atoms with van der Waals surface area (Å²) in [6.45, 7) is 12.4. The second-order valence-corrected chi connectivity index (χ2v) is 13.8. The van der Waals surface area contributed by atoms with E-state index in [0.29, 0.717) is 12.2 Å². The van der Waals surface area contributed by atoms with Crippen molar-refractivity contribution in [2.75, 3.05) is 13.7 Å². The van der Waals surface area contributed by atoms with Gasteiger partial charge >= 0.3 is 13.6 Å². The van der Waals surface area contributed by atoms with E-state index in [1.807, 2.05) is 33.5 Å². The molecule has 1 saturated heterocycles. The van der Waals surface area contributed by atoms with Gasteiger partial charge in [-0.3, -0.25) is 4.79 Å². The lowest BCUT2D eigenvalue weighted by Gasteiger charge is -2.39. The lowest BCUT2D eigenvalue weighted by molar-refractivity contribution is -0.135. The Morgan fingerprint density at radius 2 is 1.88 bits per heavy atom. The zero-order valence-electron chi connectivity index (χ0n) is 25.4. The van der Waals surface area contributed by atoms with Gasteiger partial charge in [-0.1, -0.05) is 63.5 Å². The van der Waals surface area contributed by atoms with Crippen LogP contribution >= 0.6 is 9.24 Å². The number of nitriles is 1. The van der Waals surface area contributed by atoms with Gasteiger partial charge < -0.3 is 24.6 Å². The van der Waals surface area contributed by atoms with Gasteiger partial charge in [0.2, 0.25) is 5.91 Å². The number of methoxy groups -OCH3 is 1. The van der Waals surface area contributed by atoms with Gasteiger partial charge in [-0.2, -0.15) is 5.26 Å². The number of nitrogens with one attached hydrogen (secondary N) is 2. The van der Waals surface area contributed by atoms with Crippen molar-refractivity contribution in [1.29, 1.82) is 5.26 Å². The number of carbonyl (C=O) groups is 2. The number of carbonyl (C=O) groups excluding carboxylic acids is 2. The Balaban J connectivity index is 1.54. The smallest absolute Gasteiger partial charge is 0.407 e. The molecule has 1 aliphatic heterocycles. The Morgan fingerprint density at radius 1 is 1.19 bits per heavy atom. The molecular formula is C31H40BN5O4P. The number of nitrogens with zero attached hydrogens (tertiary/aromatic N) is 3. The molecule has 2 N–H and O–H groups in total. The molecule has 2 aromatic carbocycles. The van der Waals surface area contributed by atoms with Crippen LogP contribution in [0.2, 0.25) is 0 Å². The first-order chi connectivity index (χ1) is 19.7. The number of rotatable bonds is 9. The predicted molar refractivity (Wildman–Crippen MR) is 168 cm³/mol. The van der Waals surface area contributed by atoms with Crippen molar-refractivity contribution in [2.24, 2.45) is 11.8 Å². The van der Waals surface area contributed by atoms with Gasteiger partial charge in [-0.25, -0.2) is 9.78 Å². The number of H-pyrrole nitrogens is 1. The minimum atomic E-state index is -0.779. The third kappa shape index (κ3) is 6.80. The maximum Gasteiger partial charge on any atom is 0.407 e. The van der Waals surface area contributed by atoms with Crippen LogP contribution in [0.1, 0.15) is 59.8 Å². The SMILES string of the molecule is COC(=O)NC(C(=O)N1CC(C#N)CC1c1ncc(-c2ccc3cc([B]OC(C)(C)C(C)(C)P)ccc3c2)[nH]1)C(C)C. The number of likely N-dealkylation sites (tertiary alicyclic amines) is 1. The van der Waals surface area contributed by atoms with E-state index in [2.05, 4.69) is 82.6 Å². The molecule has 0 bridgehead atoms. The van der Waals surface area contributed by atoms with E-state index in [1.165, 1.54) is 7.11 Å². The van der Waals surface area contributed by atoms with E-state index in [9.17, 15) is 14.9 Å². The van der Waals surface area contributed by atoms with Crippen molar-refractivity contribution >= 4 is 45.0 Å². The summed E-state index contributed by atoms with van der Waals surface area (Å²) < 4.78 is 10.9. The van der Waals surface area contributed by atoms with E-state index in [4.69, 9.17) is 9.39 Å². The average molecular weight is 588 g/mol. The van der Waals surface area contributed by atoms with Crippen LogP contribution in [-0.2, 0) is 14.2 Å².